The van der Waals surface area contributed by atoms with Crippen molar-refractivity contribution in [2.45, 2.75) is 31.1 Å². The smallest absolute Gasteiger partial charge is 0.230 e. The summed E-state index contributed by atoms with van der Waals surface area (Å²) in [5.74, 6) is 0.981. The monoisotopic (exact) mass is 486 g/mol. The Morgan fingerprint density at radius 1 is 1.00 bits per heavy atom. The predicted molar refractivity (Wildman–Crippen MR) is 140 cm³/mol. The Morgan fingerprint density at radius 2 is 1.74 bits per heavy atom. The zero-order chi connectivity index (χ0) is 24.5. The van der Waals surface area contributed by atoms with E-state index in [1.807, 2.05) is 53.1 Å². The summed E-state index contributed by atoms with van der Waals surface area (Å²) in [5, 5.41) is 12.7. The molecule has 0 unspecified atom stereocenters. The van der Waals surface area contributed by atoms with E-state index in [2.05, 4.69) is 58.8 Å². The summed E-state index contributed by atoms with van der Waals surface area (Å²) >= 11 is 1.39. The van der Waals surface area contributed by atoms with Crippen LogP contribution in [0.5, 0.6) is 0 Å². The standard InChI is InChI=1S/C28H30N4O2S/c1-21-10-9-15-24(18-21)27-30-31-28(32(27)16-17-34-2)35-20-26(33)29-25(23-13-7-4-8-14-23)19-22-11-5-3-6-12-22/h3-15,18,25H,16-17,19-20H2,1-2H3,(H,29,33)/t25-/m1/s1. The summed E-state index contributed by atoms with van der Waals surface area (Å²) in [6, 6.07) is 28.4. The van der Waals surface area contributed by atoms with Gasteiger partial charge in [-0.15, -0.1) is 10.2 Å². The molecule has 0 saturated carbocycles. The molecule has 180 valence electrons. The van der Waals surface area contributed by atoms with Crippen molar-refractivity contribution in [3.63, 3.8) is 0 Å². The molecule has 6 nitrogen and oxygen atoms in total. The molecular weight excluding hydrogens is 456 g/mol. The summed E-state index contributed by atoms with van der Waals surface area (Å²) in [6.07, 6.45) is 0.725. The van der Waals surface area contributed by atoms with E-state index < -0.39 is 0 Å². The maximum absolute atomic E-state index is 13.0. The van der Waals surface area contributed by atoms with Crippen LogP contribution in [0.2, 0.25) is 0 Å². The maximum atomic E-state index is 13.0. The summed E-state index contributed by atoms with van der Waals surface area (Å²) in [4.78, 5) is 13.0. The third kappa shape index (κ3) is 6.81. The number of thioether (sulfide) groups is 1. The number of aromatic nitrogens is 3. The highest BCUT2D eigenvalue weighted by Crippen LogP contribution is 2.25. The number of hydrogen-bond acceptors (Lipinski definition) is 5. The Morgan fingerprint density at radius 3 is 2.46 bits per heavy atom. The second-order valence-corrected chi connectivity index (χ2v) is 9.27. The Kier molecular flexibility index (Phi) is 8.70. The molecule has 0 saturated heterocycles. The van der Waals surface area contributed by atoms with Crippen molar-refractivity contribution in [3.05, 3.63) is 102 Å². The van der Waals surface area contributed by atoms with Crippen LogP contribution < -0.4 is 5.32 Å². The topological polar surface area (TPSA) is 69.0 Å². The molecule has 0 fully saturated rings. The van der Waals surface area contributed by atoms with Gasteiger partial charge in [0.1, 0.15) is 0 Å². The van der Waals surface area contributed by atoms with Gasteiger partial charge in [-0.3, -0.25) is 9.36 Å². The number of carbonyl (C=O) groups excluding carboxylic acids is 1. The largest absolute Gasteiger partial charge is 0.383 e. The zero-order valence-electron chi connectivity index (χ0n) is 20.1. The van der Waals surface area contributed by atoms with E-state index in [0.29, 0.717) is 18.3 Å². The number of benzene rings is 3. The fourth-order valence-electron chi connectivity index (χ4n) is 3.93. The van der Waals surface area contributed by atoms with Crippen molar-refractivity contribution in [3.8, 4) is 11.4 Å². The Balaban J connectivity index is 1.47. The number of aryl methyl sites for hydroxylation is 1. The van der Waals surface area contributed by atoms with Crippen LogP contribution in [-0.2, 0) is 22.5 Å². The molecule has 4 rings (SSSR count). The van der Waals surface area contributed by atoms with E-state index in [0.717, 1.165) is 28.9 Å². The summed E-state index contributed by atoms with van der Waals surface area (Å²) in [5.41, 5.74) is 4.41. The zero-order valence-corrected chi connectivity index (χ0v) is 20.9. The van der Waals surface area contributed by atoms with E-state index in [1.54, 1.807) is 7.11 Å². The van der Waals surface area contributed by atoms with Crippen LogP contribution in [0.3, 0.4) is 0 Å². The first-order valence-electron chi connectivity index (χ1n) is 11.6. The van der Waals surface area contributed by atoms with Crippen molar-refractivity contribution in [1.29, 1.82) is 0 Å². The second kappa shape index (κ2) is 12.3. The number of methoxy groups -OCH3 is 1. The number of amides is 1. The highest BCUT2D eigenvalue weighted by atomic mass is 32.2. The molecule has 0 spiro atoms. The number of carbonyl (C=O) groups is 1. The first-order valence-corrected chi connectivity index (χ1v) is 12.6. The van der Waals surface area contributed by atoms with Crippen molar-refractivity contribution in [1.82, 2.24) is 20.1 Å². The highest BCUT2D eigenvalue weighted by molar-refractivity contribution is 7.99. The molecule has 1 N–H and O–H groups in total. The van der Waals surface area contributed by atoms with Gasteiger partial charge in [-0.25, -0.2) is 0 Å². The van der Waals surface area contributed by atoms with Crippen molar-refractivity contribution >= 4 is 17.7 Å². The lowest BCUT2D eigenvalue weighted by Gasteiger charge is -2.19. The van der Waals surface area contributed by atoms with Gasteiger partial charge >= 0.3 is 0 Å². The van der Waals surface area contributed by atoms with Crippen LogP contribution in [0.4, 0.5) is 0 Å². The van der Waals surface area contributed by atoms with Gasteiger partial charge in [0.15, 0.2) is 11.0 Å². The summed E-state index contributed by atoms with van der Waals surface area (Å²) in [7, 11) is 1.67. The van der Waals surface area contributed by atoms with Crippen LogP contribution in [0.15, 0.2) is 90.1 Å². The van der Waals surface area contributed by atoms with Gasteiger partial charge in [-0.1, -0.05) is 96.2 Å². The number of hydrogen-bond donors (Lipinski definition) is 1. The number of nitrogens with one attached hydrogen (secondary N) is 1. The van der Waals surface area contributed by atoms with Crippen molar-refractivity contribution in [2.75, 3.05) is 19.5 Å². The quantitative estimate of drug-likeness (QED) is 0.299. The third-order valence-electron chi connectivity index (χ3n) is 5.66. The normalized spacial score (nSPS) is 11.8. The summed E-state index contributed by atoms with van der Waals surface area (Å²) in [6.45, 7) is 3.19. The van der Waals surface area contributed by atoms with E-state index >= 15 is 0 Å². The summed E-state index contributed by atoms with van der Waals surface area (Å²) < 4.78 is 7.33. The second-order valence-electron chi connectivity index (χ2n) is 8.33. The van der Waals surface area contributed by atoms with Gasteiger partial charge in [-0.2, -0.15) is 0 Å². The minimum atomic E-state index is -0.110. The molecule has 3 aromatic carbocycles. The molecule has 1 amide bonds. The van der Waals surface area contributed by atoms with Crippen LogP contribution >= 0.6 is 11.8 Å². The molecule has 0 aliphatic rings. The van der Waals surface area contributed by atoms with Gasteiger partial charge in [-0.05, 0) is 30.5 Å². The molecule has 1 heterocycles. The lowest BCUT2D eigenvalue weighted by Crippen LogP contribution is -2.31. The van der Waals surface area contributed by atoms with Gasteiger partial charge < -0.3 is 10.1 Å². The molecule has 0 bridgehead atoms. The molecule has 0 radical (unpaired) electrons. The van der Waals surface area contributed by atoms with Gasteiger partial charge in [0.25, 0.3) is 0 Å². The average Bonchev–Trinajstić information content (AvgIpc) is 3.29. The van der Waals surface area contributed by atoms with Gasteiger partial charge in [0.2, 0.25) is 5.91 Å². The number of nitrogens with zero attached hydrogens (tertiary/aromatic N) is 3. The van der Waals surface area contributed by atoms with Crippen molar-refractivity contribution in [2.24, 2.45) is 0 Å². The molecule has 0 aliphatic heterocycles. The lowest BCUT2D eigenvalue weighted by atomic mass is 9.99. The lowest BCUT2D eigenvalue weighted by molar-refractivity contribution is -0.119. The maximum Gasteiger partial charge on any atom is 0.230 e. The van der Waals surface area contributed by atoms with Crippen LogP contribution in [-0.4, -0.2) is 40.1 Å². The first-order chi connectivity index (χ1) is 17.1. The number of rotatable bonds is 11. The van der Waals surface area contributed by atoms with Crippen LogP contribution in [0, 0.1) is 6.92 Å². The fourth-order valence-corrected chi connectivity index (χ4v) is 4.71. The van der Waals surface area contributed by atoms with Crippen molar-refractivity contribution < 1.29 is 9.53 Å². The molecule has 1 aromatic heterocycles. The van der Waals surface area contributed by atoms with E-state index in [4.69, 9.17) is 4.74 Å². The third-order valence-corrected chi connectivity index (χ3v) is 6.63. The van der Waals surface area contributed by atoms with E-state index in [1.165, 1.54) is 17.3 Å². The Labute approximate surface area is 210 Å². The molecule has 4 aromatic rings. The predicted octanol–water partition coefficient (Wildman–Crippen LogP) is 5.09. The molecule has 0 aliphatic carbocycles. The Hall–Kier alpha value is -3.42. The molecule has 1 atom stereocenters. The molecular formula is C28H30N4O2S. The Bertz CT molecular complexity index is 1230. The van der Waals surface area contributed by atoms with Gasteiger partial charge in [0.05, 0.1) is 24.9 Å². The minimum absolute atomic E-state index is 0.0434. The molecule has 7 heteroatoms. The van der Waals surface area contributed by atoms with Crippen LogP contribution in [0.25, 0.3) is 11.4 Å². The first kappa shape index (κ1) is 24.7. The van der Waals surface area contributed by atoms with E-state index in [9.17, 15) is 4.79 Å². The van der Waals surface area contributed by atoms with E-state index in [-0.39, 0.29) is 17.7 Å². The minimum Gasteiger partial charge on any atom is -0.383 e. The fraction of sp³-hybridized carbons (Fsp3) is 0.250. The highest BCUT2D eigenvalue weighted by Gasteiger charge is 2.18. The molecule has 35 heavy (non-hydrogen) atoms. The number of ether oxygens (including phenoxy) is 1. The average molecular weight is 487 g/mol. The SMILES string of the molecule is COCCn1c(SCC(=O)N[C@H](Cc2ccccc2)c2ccccc2)nnc1-c1cccc(C)c1. The van der Waals surface area contributed by atoms with Gasteiger partial charge in [0, 0.05) is 12.7 Å². The van der Waals surface area contributed by atoms with Crippen LogP contribution in [0.1, 0.15) is 22.7 Å².